The maximum absolute atomic E-state index is 9.19. The molecule has 0 N–H and O–H groups in total. The summed E-state index contributed by atoms with van der Waals surface area (Å²) in [5.74, 6) is 0. The first-order chi connectivity index (χ1) is 10.8. The number of hydrogen-bond acceptors (Lipinski definition) is 1. The molecule has 4 aromatic rings. The van der Waals surface area contributed by atoms with Gasteiger partial charge in [0.15, 0.2) is 0 Å². The van der Waals surface area contributed by atoms with Crippen molar-refractivity contribution in [3.8, 4) is 11.8 Å². The van der Waals surface area contributed by atoms with E-state index in [1.807, 2.05) is 36.4 Å². The Bertz CT molecular complexity index is 1000. The molecule has 0 fully saturated rings. The fourth-order valence-corrected chi connectivity index (χ4v) is 3.20. The zero-order valence-electron chi connectivity index (χ0n) is 11.6. The molecule has 0 radical (unpaired) electrons. The number of nitriles is 1. The van der Waals surface area contributed by atoms with Gasteiger partial charge >= 0.3 is 0 Å². The number of benzene rings is 3. The van der Waals surface area contributed by atoms with Crippen LogP contribution in [0.1, 0.15) is 5.56 Å². The molecule has 22 heavy (non-hydrogen) atoms. The van der Waals surface area contributed by atoms with Gasteiger partial charge in [-0.2, -0.15) is 5.26 Å². The molecule has 0 amide bonds. The van der Waals surface area contributed by atoms with Gasteiger partial charge in [0.2, 0.25) is 0 Å². The summed E-state index contributed by atoms with van der Waals surface area (Å²) in [6.07, 6.45) is 0. The van der Waals surface area contributed by atoms with Crippen molar-refractivity contribution in [2.75, 3.05) is 0 Å². The van der Waals surface area contributed by atoms with Crippen molar-refractivity contribution in [3.05, 3.63) is 77.3 Å². The van der Waals surface area contributed by atoms with Crippen LogP contribution in [0.15, 0.2) is 66.7 Å². The minimum atomic E-state index is 0.560. The number of nitrogens with zero attached hydrogens (tertiary/aromatic N) is 2. The molecule has 0 aliphatic carbocycles. The Morgan fingerprint density at radius 1 is 0.818 bits per heavy atom. The molecule has 3 aromatic carbocycles. The summed E-state index contributed by atoms with van der Waals surface area (Å²) in [5, 5.41) is 12.1. The van der Waals surface area contributed by atoms with E-state index in [4.69, 9.17) is 11.6 Å². The molecule has 0 aliphatic rings. The van der Waals surface area contributed by atoms with Crippen LogP contribution in [-0.2, 0) is 0 Å². The molecule has 0 aliphatic heterocycles. The van der Waals surface area contributed by atoms with Gasteiger partial charge in [-0.05, 0) is 30.3 Å². The van der Waals surface area contributed by atoms with Gasteiger partial charge in [-0.15, -0.1) is 0 Å². The first-order valence-electron chi connectivity index (χ1n) is 6.97. The van der Waals surface area contributed by atoms with Crippen molar-refractivity contribution in [2.24, 2.45) is 0 Å². The molecule has 1 aromatic heterocycles. The minimum absolute atomic E-state index is 0.560. The monoisotopic (exact) mass is 302 g/mol. The number of rotatable bonds is 1. The Kier molecular flexibility index (Phi) is 2.89. The molecular formula is C19H11ClN2. The highest BCUT2D eigenvalue weighted by molar-refractivity contribution is 6.31. The van der Waals surface area contributed by atoms with Gasteiger partial charge in [0.25, 0.3) is 0 Å². The van der Waals surface area contributed by atoms with E-state index in [1.165, 1.54) is 10.8 Å². The van der Waals surface area contributed by atoms with Crippen molar-refractivity contribution in [3.63, 3.8) is 0 Å². The fraction of sp³-hybridized carbons (Fsp3) is 0. The molecule has 4 rings (SSSR count). The Balaban J connectivity index is 2.18. The van der Waals surface area contributed by atoms with Crippen LogP contribution >= 0.6 is 11.6 Å². The number of para-hydroxylation sites is 2. The molecule has 0 bridgehead atoms. The molecule has 1 heterocycles. The van der Waals surface area contributed by atoms with Crippen LogP contribution in [0.5, 0.6) is 0 Å². The lowest BCUT2D eigenvalue weighted by Gasteiger charge is -2.08. The van der Waals surface area contributed by atoms with Crippen LogP contribution in [0.2, 0.25) is 5.02 Å². The summed E-state index contributed by atoms with van der Waals surface area (Å²) >= 11 is 6.18. The highest BCUT2D eigenvalue weighted by Gasteiger charge is 2.12. The Labute approximate surface area is 132 Å². The number of hydrogen-bond donors (Lipinski definition) is 0. The van der Waals surface area contributed by atoms with Gasteiger partial charge in [-0.25, -0.2) is 0 Å². The van der Waals surface area contributed by atoms with Gasteiger partial charge in [-0.1, -0.05) is 48.0 Å². The Morgan fingerprint density at radius 2 is 1.41 bits per heavy atom. The van der Waals surface area contributed by atoms with E-state index < -0.39 is 0 Å². The molecule has 3 heteroatoms. The van der Waals surface area contributed by atoms with Crippen LogP contribution in [0.4, 0.5) is 0 Å². The zero-order valence-corrected chi connectivity index (χ0v) is 12.4. The highest BCUT2D eigenvalue weighted by atomic mass is 35.5. The summed E-state index contributed by atoms with van der Waals surface area (Å²) in [5.41, 5.74) is 3.68. The standard InChI is InChI=1S/C19H11ClN2/c20-14-9-13(12-21)10-15(11-14)22-18-7-3-1-5-16(18)17-6-2-4-8-19(17)22/h1-11H. The van der Waals surface area contributed by atoms with Crippen molar-refractivity contribution < 1.29 is 0 Å². The van der Waals surface area contributed by atoms with Gasteiger partial charge in [0.05, 0.1) is 22.7 Å². The number of aromatic nitrogens is 1. The van der Waals surface area contributed by atoms with Gasteiger partial charge < -0.3 is 4.57 Å². The summed E-state index contributed by atoms with van der Waals surface area (Å²) in [7, 11) is 0. The molecule has 2 nitrogen and oxygen atoms in total. The van der Waals surface area contributed by atoms with Crippen LogP contribution in [0.25, 0.3) is 27.5 Å². The molecular weight excluding hydrogens is 292 g/mol. The average Bonchev–Trinajstić information content (AvgIpc) is 2.89. The van der Waals surface area contributed by atoms with Gasteiger partial charge in [0.1, 0.15) is 0 Å². The van der Waals surface area contributed by atoms with Crippen molar-refractivity contribution in [1.82, 2.24) is 4.57 Å². The maximum Gasteiger partial charge on any atom is 0.0992 e. The predicted molar refractivity (Wildman–Crippen MR) is 90.5 cm³/mol. The highest BCUT2D eigenvalue weighted by Crippen LogP contribution is 2.32. The third-order valence-corrected chi connectivity index (χ3v) is 4.07. The lowest BCUT2D eigenvalue weighted by atomic mass is 10.2. The van der Waals surface area contributed by atoms with E-state index in [2.05, 4.69) is 34.9 Å². The molecule has 0 saturated heterocycles. The normalized spacial score (nSPS) is 10.9. The lowest BCUT2D eigenvalue weighted by Crippen LogP contribution is -1.94. The maximum atomic E-state index is 9.19. The molecule has 0 unspecified atom stereocenters. The SMILES string of the molecule is N#Cc1cc(Cl)cc(-n2c3ccccc3c3ccccc32)c1. The molecule has 0 atom stereocenters. The fourth-order valence-electron chi connectivity index (χ4n) is 2.97. The predicted octanol–water partition coefficient (Wildman–Crippen LogP) is 5.31. The largest absolute Gasteiger partial charge is 0.309 e. The molecule has 0 saturated carbocycles. The minimum Gasteiger partial charge on any atom is -0.309 e. The first kappa shape index (κ1) is 12.9. The zero-order chi connectivity index (χ0) is 15.1. The van der Waals surface area contributed by atoms with Crippen LogP contribution in [0, 0.1) is 11.3 Å². The smallest absolute Gasteiger partial charge is 0.0992 e. The van der Waals surface area contributed by atoms with Crippen LogP contribution < -0.4 is 0 Å². The summed E-state index contributed by atoms with van der Waals surface area (Å²) in [6.45, 7) is 0. The summed E-state index contributed by atoms with van der Waals surface area (Å²) in [6, 6.07) is 24.1. The molecule has 0 spiro atoms. The summed E-state index contributed by atoms with van der Waals surface area (Å²) < 4.78 is 2.15. The van der Waals surface area contributed by atoms with Crippen LogP contribution in [-0.4, -0.2) is 4.57 Å². The summed E-state index contributed by atoms with van der Waals surface area (Å²) in [4.78, 5) is 0. The third-order valence-electron chi connectivity index (χ3n) is 3.85. The number of fused-ring (bicyclic) bond motifs is 3. The Hall–Kier alpha value is -2.76. The van der Waals surface area contributed by atoms with Crippen molar-refractivity contribution in [2.45, 2.75) is 0 Å². The van der Waals surface area contributed by atoms with E-state index in [0.717, 1.165) is 16.7 Å². The van der Waals surface area contributed by atoms with Crippen molar-refractivity contribution in [1.29, 1.82) is 5.26 Å². The van der Waals surface area contributed by atoms with E-state index in [0.29, 0.717) is 10.6 Å². The average molecular weight is 303 g/mol. The Morgan fingerprint density at radius 3 is 2.00 bits per heavy atom. The third kappa shape index (κ3) is 1.88. The first-order valence-corrected chi connectivity index (χ1v) is 7.35. The van der Waals surface area contributed by atoms with E-state index in [-0.39, 0.29) is 0 Å². The van der Waals surface area contributed by atoms with E-state index in [1.54, 1.807) is 6.07 Å². The quantitative estimate of drug-likeness (QED) is 0.468. The van der Waals surface area contributed by atoms with Crippen LogP contribution in [0.3, 0.4) is 0 Å². The molecule has 104 valence electrons. The lowest BCUT2D eigenvalue weighted by molar-refractivity contribution is 1.18. The van der Waals surface area contributed by atoms with E-state index in [9.17, 15) is 5.26 Å². The number of halogens is 1. The van der Waals surface area contributed by atoms with Gasteiger partial charge in [-0.3, -0.25) is 0 Å². The second kappa shape index (κ2) is 4.91. The van der Waals surface area contributed by atoms with Crippen molar-refractivity contribution >= 4 is 33.4 Å². The van der Waals surface area contributed by atoms with Gasteiger partial charge in [0, 0.05) is 21.5 Å². The van der Waals surface area contributed by atoms with E-state index >= 15 is 0 Å². The second-order valence-corrected chi connectivity index (χ2v) is 5.62. The second-order valence-electron chi connectivity index (χ2n) is 5.18. The topological polar surface area (TPSA) is 28.7 Å².